The summed E-state index contributed by atoms with van der Waals surface area (Å²) in [6.45, 7) is 7.06. The molecule has 0 saturated heterocycles. The number of Topliss-reactive ketones (excluding diaryl/α,β-unsaturated/α-hetero) is 1. The largest absolute Gasteiger partial charge is 0.507 e. The fourth-order valence-electron chi connectivity index (χ4n) is 3.09. The van der Waals surface area contributed by atoms with Crippen LogP contribution in [0.2, 0.25) is 0 Å². The summed E-state index contributed by atoms with van der Waals surface area (Å²) in [4.78, 5) is 13.3. The number of ketones is 1. The number of aromatic hydroxyl groups is 1. The standard InChI is InChI=1S/C24H25NO4S/c1-17-13-15-19(16-14-17)30(28,29)25(18-9-6-5-7-10-18)20-11-8-12-21(26)22(20)23(27)24(2,3)4/h5-16,26H,1-4H3. The van der Waals surface area contributed by atoms with Crippen molar-refractivity contribution in [1.29, 1.82) is 0 Å². The van der Waals surface area contributed by atoms with Gasteiger partial charge in [0.15, 0.2) is 5.78 Å². The van der Waals surface area contributed by atoms with Gasteiger partial charge in [0.2, 0.25) is 0 Å². The molecule has 5 nitrogen and oxygen atoms in total. The molecule has 30 heavy (non-hydrogen) atoms. The van der Waals surface area contributed by atoms with E-state index >= 15 is 0 Å². The first-order valence-corrected chi connectivity index (χ1v) is 11.0. The molecule has 3 rings (SSSR count). The molecule has 3 aromatic rings. The lowest BCUT2D eigenvalue weighted by Gasteiger charge is -2.28. The zero-order valence-electron chi connectivity index (χ0n) is 17.5. The molecule has 0 fully saturated rings. The Bertz CT molecular complexity index is 1160. The quantitative estimate of drug-likeness (QED) is 0.553. The molecular formula is C24H25NO4S. The minimum absolute atomic E-state index is 0.0236. The molecule has 0 amide bonds. The summed E-state index contributed by atoms with van der Waals surface area (Å²) in [7, 11) is -4.07. The minimum Gasteiger partial charge on any atom is -0.507 e. The summed E-state index contributed by atoms with van der Waals surface area (Å²) < 4.78 is 28.5. The van der Waals surface area contributed by atoms with Crippen LogP contribution in [0.25, 0.3) is 0 Å². The van der Waals surface area contributed by atoms with E-state index in [1.165, 1.54) is 30.3 Å². The number of benzene rings is 3. The molecule has 0 aromatic heterocycles. The van der Waals surface area contributed by atoms with Gasteiger partial charge in [-0.2, -0.15) is 0 Å². The van der Waals surface area contributed by atoms with Crippen molar-refractivity contribution in [1.82, 2.24) is 0 Å². The third-order valence-electron chi connectivity index (χ3n) is 4.70. The third kappa shape index (κ3) is 4.09. The average molecular weight is 424 g/mol. The van der Waals surface area contributed by atoms with Crippen molar-refractivity contribution in [3.05, 3.63) is 83.9 Å². The Morgan fingerprint density at radius 1 is 0.867 bits per heavy atom. The van der Waals surface area contributed by atoms with Gasteiger partial charge >= 0.3 is 0 Å². The summed E-state index contributed by atoms with van der Waals surface area (Å²) in [5.74, 6) is -0.608. The van der Waals surface area contributed by atoms with Gasteiger partial charge in [0.05, 0.1) is 21.8 Å². The summed E-state index contributed by atoms with van der Waals surface area (Å²) in [5, 5.41) is 10.6. The predicted octanol–water partition coefficient (Wildman–Crippen LogP) is 5.46. The minimum atomic E-state index is -4.07. The summed E-state index contributed by atoms with van der Waals surface area (Å²) in [5.41, 5.74) is 0.572. The smallest absolute Gasteiger partial charge is 0.268 e. The Hall–Kier alpha value is -3.12. The SMILES string of the molecule is Cc1ccc(S(=O)(=O)N(c2ccccc2)c2cccc(O)c2C(=O)C(C)(C)C)cc1. The number of anilines is 2. The zero-order chi connectivity index (χ0) is 22.1. The lowest BCUT2D eigenvalue weighted by molar-refractivity contribution is 0.0856. The van der Waals surface area contributed by atoms with Crippen LogP contribution in [-0.4, -0.2) is 19.3 Å². The molecular weight excluding hydrogens is 398 g/mol. The topological polar surface area (TPSA) is 74.7 Å². The number of phenolic OH excluding ortho intramolecular Hbond substituents is 1. The van der Waals surface area contributed by atoms with Crippen molar-refractivity contribution in [2.45, 2.75) is 32.6 Å². The van der Waals surface area contributed by atoms with E-state index < -0.39 is 15.4 Å². The Morgan fingerprint density at radius 3 is 2.03 bits per heavy atom. The number of hydrogen-bond donors (Lipinski definition) is 1. The molecule has 0 bridgehead atoms. The number of para-hydroxylation sites is 1. The van der Waals surface area contributed by atoms with Crippen LogP contribution in [-0.2, 0) is 10.0 Å². The van der Waals surface area contributed by atoms with Gasteiger partial charge in [-0.15, -0.1) is 0 Å². The predicted molar refractivity (Wildman–Crippen MR) is 119 cm³/mol. The van der Waals surface area contributed by atoms with E-state index in [4.69, 9.17) is 0 Å². The lowest BCUT2D eigenvalue weighted by Crippen LogP contribution is -2.30. The third-order valence-corrected chi connectivity index (χ3v) is 6.45. The monoisotopic (exact) mass is 423 g/mol. The summed E-state index contributed by atoms with van der Waals surface area (Å²) in [6.07, 6.45) is 0. The number of sulfonamides is 1. The Balaban J connectivity index is 2.33. The van der Waals surface area contributed by atoms with Gasteiger partial charge in [-0.1, -0.05) is 62.7 Å². The van der Waals surface area contributed by atoms with E-state index in [1.807, 2.05) is 6.92 Å². The maximum absolute atomic E-state index is 13.7. The number of carbonyl (C=O) groups excluding carboxylic acids is 1. The van der Waals surface area contributed by atoms with Gasteiger partial charge in [-0.25, -0.2) is 12.7 Å². The van der Waals surface area contributed by atoms with E-state index in [2.05, 4.69) is 0 Å². The molecule has 0 heterocycles. The lowest BCUT2D eigenvalue weighted by atomic mass is 9.85. The fourth-order valence-corrected chi connectivity index (χ4v) is 4.59. The number of carbonyl (C=O) groups is 1. The maximum Gasteiger partial charge on any atom is 0.268 e. The number of nitrogens with zero attached hydrogens (tertiary/aromatic N) is 1. The number of rotatable bonds is 5. The maximum atomic E-state index is 13.7. The highest BCUT2D eigenvalue weighted by Crippen LogP contribution is 2.40. The van der Waals surface area contributed by atoms with Crippen molar-refractivity contribution in [2.24, 2.45) is 5.41 Å². The van der Waals surface area contributed by atoms with Gasteiger partial charge in [0.25, 0.3) is 10.0 Å². The molecule has 0 saturated carbocycles. The van der Waals surface area contributed by atoms with Crippen LogP contribution < -0.4 is 4.31 Å². The molecule has 156 valence electrons. The van der Waals surface area contributed by atoms with Gasteiger partial charge in [-0.05, 0) is 43.3 Å². The highest BCUT2D eigenvalue weighted by molar-refractivity contribution is 7.93. The molecule has 0 aliphatic heterocycles. The molecule has 0 atom stereocenters. The highest BCUT2D eigenvalue weighted by Gasteiger charge is 2.34. The molecule has 0 radical (unpaired) electrons. The highest BCUT2D eigenvalue weighted by atomic mass is 32.2. The number of aryl methyl sites for hydroxylation is 1. The molecule has 0 aliphatic carbocycles. The van der Waals surface area contributed by atoms with Crippen LogP contribution in [0.15, 0.2) is 77.7 Å². The van der Waals surface area contributed by atoms with E-state index in [0.717, 1.165) is 9.87 Å². The van der Waals surface area contributed by atoms with E-state index in [0.29, 0.717) is 5.69 Å². The van der Waals surface area contributed by atoms with Crippen molar-refractivity contribution in [3.63, 3.8) is 0 Å². The van der Waals surface area contributed by atoms with Crippen LogP contribution in [0.4, 0.5) is 11.4 Å². The normalized spacial score (nSPS) is 11.9. The number of phenols is 1. The zero-order valence-corrected chi connectivity index (χ0v) is 18.3. The van der Waals surface area contributed by atoms with Crippen LogP contribution in [0.3, 0.4) is 0 Å². The Kier molecular flexibility index (Phi) is 5.72. The molecule has 1 N–H and O–H groups in total. The van der Waals surface area contributed by atoms with E-state index in [-0.39, 0.29) is 27.7 Å². The van der Waals surface area contributed by atoms with Gasteiger partial charge in [0, 0.05) is 5.41 Å². The first-order valence-electron chi connectivity index (χ1n) is 9.57. The van der Waals surface area contributed by atoms with Crippen LogP contribution >= 0.6 is 0 Å². The molecule has 3 aromatic carbocycles. The second kappa shape index (κ2) is 7.95. The van der Waals surface area contributed by atoms with Gasteiger partial charge in [-0.3, -0.25) is 4.79 Å². The van der Waals surface area contributed by atoms with Crippen molar-refractivity contribution in [2.75, 3.05) is 4.31 Å². The van der Waals surface area contributed by atoms with Crippen LogP contribution in [0.5, 0.6) is 5.75 Å². The first kappa shape index (κ1) is 21.6. The average Bonchev–Trinajstić information content (AvgIpc) is 2.68. The molecule has 0 aliphatic rings. The Morgan fingerprint density at radius 2 is 1.47 bits per heavy atom. The van der Waals surface area contributed by atoms with Crippen molar-refractivity contribution in [3.8, 4) is 5.75 Å². The molecule has 0 unspecified atom stereocenters. The first-order chi connectivity index (χ1) is 14.0. The van der Waals surface area contributed by atoms with Crippen LogP contribution in [0.1, 0.15) is 36.7 Å². The van der Waals surface area contributed by atoms with E-state index in [1.54, 1.807) is 63.2 Å². The molecule has 0 spiro atoms. The van der Waals surface area contributed by atoms with Crippen molar-refractivity contribution < 1.29 is 18.3 Å². The fraction of sp³-hybridized carbons (Fsp3) is 0.208. The second-order valence-electron chi connectivity index (χ2n) is 8.17. The van der Waals surface area contributed by atoms with Gasteiger partial charge in [0.1, 0.15) is 5.75 Å². The van der Waals surface area contributed by atoms with E-state index in [9.17, 15) is 18.3 Å². The summed E-state index contributed by atoms with van der Waals surface area (Å²) in [6, 6.07) is 19.5. The van der Waals surface area contributed by atoms with Crippen LogP contribution in [0, 0.1) is 12.3 Å². The number of hydrogen-bond acceptors (Lipinski definition) is 4. The summed E-state index contributed by atoms with van der Waals surface area (Å²) >= 11 is 0. The second-order valence-corrected chi connectivity index (χ2v) is 9.96. The molecule has 6 heteroatoms. The van der Waals surface area contributed by atoms with Gasteiger partial charge < -0.3 is 5.11 Å². The van der Waals surface area contributed by atoms with Crippen molar-refractivity contribution >= 4 is 27.2 Å². The Labute approximate surface area is 177 Å².